The molecule has 0 aliphatic carbocycles. The van der Waals surface area contributed by atoms with Crippen molar-refractivity contribution >= 4 is 39.8 Å². The summed E-state index contributed by atoms with van der Waals surface area (Å²) in [6.07, 6.45) is -0.704. The molecule has 1 aromatic carbocycles. The number of guanidine groups is 1. The fourth-order valence-corrected chi connectivity index (χ4v) is 4.15. The smallest absolute Gasteiger partial charge is 0.193 e. The van der Waals surface area contributed by atoms with E-state index in [9.17, 15) is 13.5 Å². The second-order valence-corrected chi connectivity index (χ2v) is 9.46. The molecule has 148 valence electrons. The van der Waals surface area contributed by atoms with E-state index in [4.69, 9.17) is 4.74 Å². The van der Waals surface area contributed by atoms with Crippen molar-refractivity contribution in [1.82, 2.24) is 10.2 Å². The molecule has 1 fully saturated rings. The van der Waals surface area contributed by atoms with Gasteiger partial charge in [-0.05, 0) is 31.5 Å². The first-order valence-corrected chi connectivity index (χ1v) is 9.85. The number of nitrogens with zero attached hydrogens (tertiary/aromatic N) is 2. The second-order valence-electron chi connectivity index (χ2n) is 6.72. The van der Waals surface area contributed by atoms with E-state index in [2.05, 4.69) is 10.3 Å². The summed E-state index contributed by atoms with van der Waals surface area (Å²) in [6.45, 7) is 4.50. The Labute approximate surface area is 172 Å². The van der Waals surface area contributed by atoms with E-state index in [1.54, 1.807) is 40.1 Å². The second kappa shape index (κ2) is 9.23. The van der Waals surface area contributed by atoms with E-state index in [1.807, 2.05) is 17.0 Å². The number of aliphatic hydroxyl groups excluding tert-OH is 1. The van der Waals surface area contributed by atoms with Crippen molar-refractivity contribution in [2.75, 3.05) is 39.5 Å². The molecular formula is C17H28IN3O4S. The van der Waals surface area contributed by atoms with Gasteiger partial charge in [-0.3, -0.25) is 4.99 Å². The number of benzene rings is 1. The van der Waals surface area contributed by atoms with Crippen LogP contribution < -0.4 is 10.1 Å². The molecule has 1 aliphatic rings. The zero-order valence-corrected chi connectivity index (χ0v) is 18.7. The minimum atomic E-state index is -3.10. The molecule has 0 radical (unpaired) electrons. The minimum Gasteiger partial charge on any atom is -0.497 e. The lowest BCUT2D eigenvalue weighted by Gasteiger charge is -2.39. The van der Waals surface area contributed by atoms with Gasteiger partial charge in [0, 0.05) is 26.7 Å². The number of hydrogen-bond donors (Lipinski definition) is 2. The van der Waals surface area contributed by atoms with Crippen molar-refractivity contribution in [2.45, 2.75) is 24.7 Å². The Bertz CT molecular complexity index is 720. The maximum atomic E-state index is 12.1. The number of hydrogen-bond acceptors (Lipinski definition) is 5. The van der Waals surface area contributed by atoms with Gasteiger partial charge < -0.3 is 20.1 Å². The lowest BCUT2D eigenvalue weighted by molar-refractivity contribution is 0.179. The molecule has 26 heavy (non-hydrogen) atoms. The van der Waals surface area contributed by atoms with Crippen LogP contribution in [0.3, 0.4) is 0 Å². The molecule has 1 aliphatic heterocycles. The third-order valence-electron chi connectivity index (χ3n) is 4.51. The third kappa shape index (κ3) is 5.23. The number of aliphatic hydroxyl groups is 1. The van der Waals surface area contributed by atoms with Gasteiger partial charge in [0.2, 0.25) is 0 Å². The molecule has 0 amide bonds. The molecule has 1 heterocycles. The highest BCUT2D eigenvalue weighted by molar-refractivity contribution is 14.0. The monoisotopic (exact) mass is 497 g/mol. The van der Waals surface area contributed by atoms with Crippen molar-refractivity contribution in [3.05, 3.63) is 29.8 Å². The van der Waals surface area contributed by atoms with Crippen LogP contribution in [0, 0.1) is 0 Å². The summed E-state index contributed by atoms with van der Waals surface area (Å²) >= 11 is 0. The molecule has 7 nitrogen and oxygen atoms in total. The average Bonchev–Trinajstić information content (AvgIpc) is 2.58. The van der Waals surface area contributed by atoms with Crippen LogP contribution in [0.5, 0.6) is 5.75 Å². The molecule has 2 rings (SSSR count). The van der Waals surface area contributed by atoms with Gasteiger partial charge in [-0.1, -0.05) is 12.1 Å². The summed E-state index contributed by atoms with van der Waals surface area (Å²) in [4.78, 5) is 6.14. The number of sulfone groups is 1. The summed E-state index contributed by atoms with van der Waals surface area (Å²) in [5.41, 5.74) is 0.769. The van der Waals surface area contributed by atoms with Gasteiger partial charge in [0.15, 0.2) is 15.8 Å². The van der Waals surface area contributed by atoms with Crippen LogP contribution in [0.15, 0.2) is 29.3 Å². The Balaban J connectivity index is 0.00000338. The Kier molecular flexibility index (Phi) is 8.15. The molecule has 0 spiro atoms. The summed E-state index contributed by atoms with van der Waals surface area (Å²) in [7, 11) is 0.143. The predicted octanol–water partition coefficient (Wildman–Crippen LogP) is 1.43. The topological polar surface area (TPSA) is 91.2 Å². The maximum absolute atomic E-state index is 12.1. The molecule has 9 heteroatoms. The third-order valence-corrected chi connectivity index (χ3v) is 7.04. The molecule has 0 aromatic heterocycles. The van der Waals surface area contributed by atoms with Crippen molar-refractivity contribution in [3.63, 3.8) is 0 Å². The van der Waals surface area contributed by atoms with Gasteiger partial charge in [0.05, 0.1) is 23.7 Å². The quantitative estimate of drug-likeness (QED) is 0.372. The Hall–Kier alpha value is -1.07. The molecule has 1 atom stereocenters. The number of rotatable bonds is 4. The Morgan fingerprint density at radius 1 is 1.38 bits per heavy atom. The van der Waals surface area contributed by atoms with E-state index >= 15 is 0 Å². The van der Waals surface area contributed by atoms with Crippen molar-refractivity contribution < 1.29 is 18.3 Å². The van der Waals surface area contributed by atoms with Gasteiger partial charge in [0.1, 0.15) is 5.75 Å². The number of methoxy groups -OCH3 is 1. The lowest BCUT2D eigenvalue weighted by atomic mass is 10.1. The largest absolute Gasteiger partial charge is 0.497 e. The maximum Gasteiger partial charge on any atom is 0.193 e. The summed E-state index contributed by atoms with van der Waals surface area (Å²) < 4.78 is 28.5. The Morgan fingerprint density at radius 2 is 2.00 bits per heavy atom. The number of halogens is 1. The number of ether oxygens (including phenoxy) is 1. The molecule has 0 saturated carbocycles. The Morgan fingerprint density at radius 3 is 2.50 bits per heavy atom. The summed E-state index contributed by atoms with van der Waals surface area (Å²) in [5, 5.41) is 13.5. The SMILES string of the molecule is CN=C(NCC(O)c1ccc(OC)cc1)N1CCS(=O)(=O)C(C)(C)C1.I. The molecule has 2 N–H and O–H groups in total. The molecule has 1 aromatic rings. The van der Waals surface area contributed by atoms with Crippen LogP contribution in [-0.4, -0.2) is 68.7 Å². The van der Waals surface area contributed by atoms with Gasteiger partial charge in [0.25, 0.3) is 0 Å². The lowest BCUT2D eigenvalue weighted by Crippen LogP contribution is -2.57. The van der Waals surface area contributed by atoms with Crippen molar-refractivity contribution in [2.24, 2.45) is 4.99 Å². The summed E-state index contributed by atoms with van der Waals surface area (Å²) in [5.74, 6) is 1.42. The molecule has 1 saturated heterocycles. The molecule has 0 bridgehead atoms. The van der Waals surface area contributed by atoms with Crippen LogP contribution in [0.25, 0.3) is 0 Å². The van der Waals surface area contributed by atoms with Crippen molar-refractivity contribution in [3.8, 4) is 5.75 Å². The van der Waals surface area contributed by atoms with Gasteiger partial charge in [-0.25, -0.2) is 8.42 Å². The standard InChI is InChI=1S/C17H27N3O4S.HI/c1-17(2)12-20(9-10-25(17,22)23)16(18-3)19-11-15(21)13-5-7-14(24-4)8-6-13;/h5-8,15,21H,9-12H2,1-4H3,(H,18,19);1H. The zero-order chi connectivity index (χ0) is 18.7. The van der Waals surface area contributed by atoms with Gasteiger partial charge >= 0.3 is 0 Å². The highest BCUT2D eigenvalue weighted by Crippen LogP contribution is 2.24. The van der Waals surface area contributed by atoms with Crippen LogP contribution in [0.2, 0.25) is 0 Å². The fourth-order valence-electron chi connectivity index (χ4n) is 2.79. The highest BCUT2D eigenvalue weighted by atomic mass is 127. The van der Waals surface area contributed by atoms with Crippen LogP contribution >= 0.6 is 24.0 Å². The molecule has 1 unspecified atom stereocenters. The highest BCUT2D eigenvalue weighted by Gasteiger charge is 2.40. The fraction of sp³-hybridized carbons (Fsp3) is 0.588. The molecular weight excluding hydrogens is 469 g/mol. The van der Waals surface area contributed by atoms with Crippen molar-refractivity contribution in [1.29, 1.82) is 0 Å². The van der Waals surface area contributed by atoms with E-state index in [-0.39, 0.29) is 36.3 Å². The minimum absolute atomic E-state index is 0. The number of nitrogens with one attached hydrogen (secondary N) is 1. The van der Waals surface area contributed by atoms with E-state index < -0.39 is 20.7 Å². The summed E-state index contributed by atoms with van der Waals surface area (Å²) in [6, 6.07) is 7.21. The normalized spacial score (nSPS) is 20.0. The van der Waals surface area contributed by atoms with Gasteiger partial charge in [-0.2, -0.15) is 0 Å². The van der Waals surface area contributed by atoms with Crippen LogP contribution in [-0.2, 0) is 9.84 Å². The van der Waals surface area contributed by atoms with Crippen LogP contribution in [0.4, 0.5) is 0 Å². The van der Waals surface area contributed by atoms with Crippen LogP contribution in [0.1, 0.15) is 25.5 Å². The zero-order valence-electron chi connectivity index (χ0n) is 15.6. The first kappa shape index (κ1) is 23.0. The predicted molar refractivity (Wildman–Crippen MR) is 114 cm³/mol. The average molecular weight is 497 g/mol. The van der Waals surface area contributed by atoms with E-state index in [0.29, 0.717) is 19.0 Å². The van der Waals surface area contributed by atoms with E-state index in [1.165, 1.54) is 0 Å². The first-order valence-electron chi connectivity index (χ1n) is 8.20. The number of aliphatic imine (C=N–C) groups is 1. The van der Waals surface area contributed by atoms with E-state index in [0.717, 1.165) is 11.3 Å². The van der Waals surface area contributed by atoms with Gasteiger partial charge in [-0.15, -0.1) is 24.0 Å². The first-order chi connectivity index (χ1) is 11.7.